The predicted octanol–water partition coefficient (Wildman–Crippen LogP) is 2.24. The molecule has 1 aliphatic heterocycles. The van der Waals surface area contributed by atoms with Crippen molar-refractivity contribution in [3.8, 4) is 11.5 Å². The first kappa shape index (κ1) is 13.5. The van der Waals surface area contributed by atoms with Crippen LogP contribution in [0.15, 0.2) is 28.9 Å². The van der Waals surface area contributed by atoms with Crippen LogP contribution in [-0.4, -0.2) is 23.1 Å². The number of nitrogens with zero attached hydrogens (tertiary/aromatic N) is 2. The van der Waals surface area contributed by atoms with Gasteiger partial charge in [0.15, 0.2) is 11.5 Å². The molecule has 3 rings (SSSR count). The standard InChI is InChI=1S/C14H16BrN3O2/c1-18-11(3-5-17-18)2-4-16-8-10-6-12(15)14-13(7-10)19-9-20-14/h3,5-7,16H,2,4,8-9H2,1H3. The highest BCUT2D eigenvalue weighted by Gasteiger charge is 2.17. The Morgan fingerprint density at radius 1 is 1.40 bits per heavy atom. The Labute approximate surface area is 126 Å². The smallest absolute Gasteiger partial charge is 0.231 e. The molecule has 0 aliphatic carbocycles. The molecule has 0 radical (unpaired) electrons. The largest absolute Gasteiger partial charge is 0.454 e. The van der Waals surface area contributed by atoms with E-state index in [2.05, 4.69) is 32.4 Å². The van der Waals surface area contributed by atoms with Gasteiger partial charge in [-0.2, -0.15) is 5.10 Å². The summed E-state index contributed by atoms with van der Waals surface area (Å²) >= 11 is 3.50. The molecule has 0 saturated heterocycles. The van der Waals surface area contributed by atoms with Gasteiger partial charge in [-0.25, -0.2) is 0 Å². The summed E-state index contributed by atoms with van der Waals surface area (Å²) in [5.74, 6) is 1.60. The van der Waals surface area contributed by atoms with Gasteiger partial charge in [-0.05, 0) is 39.7 Å². The molecule has 0 amide bonds. The summed E-state index contributed by atoms with van der Waals surface area (Å²) in [5.41, 5.74) is 2.40. The van der Waals surface area contributed by atoms with Gasteiger partial charge in [-0.3, -0.25) is 4.68 Å². The van der Waals surface area contributed by atoms with Gasteiger partial charge in [0, 0.05) is 38.4 Å². The van der Waals surface area contributed by atoms with Crippen LogP contribution < -0.4 is 14.8 Å². The Morgan fingerprint density at radius 3 is 3.10 bits per heavy atom. The summed E-state index contributed by atoms with van der Waals surface area (Å²) in [6.07, 6.45) is 2.78. The second kappa shape index (κ2) is 5.85. The van der Waals surface area contributed by atoms with Crippen LogP contribution in [0, 0.1) is 0 Å². The molecule has 6 heteroatoms. The summed E-state index contributed by atoms with van der Waals surface area (Å²) < 4.78 is 13.6. The van der Waals surface area contributed by atoms with Gasteiger partial charge in [0.25, 0.3) is 0 Å². The van der Waals surface area contributed by atoms with Crippen molar-refractivity contribution in [3.63, 3.8) is 0 Å². The Morgan fingerprint density at radius 2 is 2.30 bits per heavy atom. The van der Waals surface area contributed by atoms with Crippen LogP contribution in [0.25, 0.3) is 0 Å². The van der Waals surface area contributed by atoms with E-state index in [-0.39, 0.29) is 0 Å². The Balaban J connectivity index is 1.54. The van der Waals surface area contributed by atoms with E-state index >= 15 is 0 Å². The molecule has 2 aromatic rings. The van der Waals surface area contributed by atoms with E-state index in [0.29, 0.717) is 6.79 Å². The fraction of sp³-hybridized carbons (Fsp3) is 0.357. The first-order valence-corrected chi connectivity index (χ1v) is 7.29. The minimum absolute atomic E-state index is 0.297. The van der Waals surface area contributed by atoms with Gasteiger partial charge in [0.1, 0.15) is 0 Å². The number of ether oxygens (including phenoxy) is 2. The van der Waals surface area contributed by atoms with Crippen LogP contribution in [0.2, 0.25) is 0 Å². The van der Waals surface area contributed by atoms with Crippen molar-refractivity contribution in [3.05, 3.63) is 40.1 Å². The summed E-state index contributed by atoms with van der Waals surface area (Å²) in [6, 6.07) is 6.12. The number of rotatable bonds is 5. The summed E-state index contributed by atoms with van der Waals surface area (Å²) in [4.78, 5) is 0. The molecule has 0 saturated carbocycles. The van der Waals surface area contributed by atoms with E-state index < -0.39 is 0 Å². The third-order valence-corrected chi connectivity index (χ3v) is 3.89. The molecule has 0 spiro atoms. The maximum Gasteiger partial charge on any atom is 0.231 e. The van der Waals surface area contributed by atoms with Crippen molar-refractivity contribution in [2.24, 2.45) is 7.05 Å². The average molecular weight is 338 g/mol. The van der Waals surface area contributed by atoms with Crippen LogP contribution in [0.4, 0.5) is 0 Å². The van der Waals surface area contributed by atoms with E-state index in [9.17, 15) is 0 Å². The van der Waals surface area contributed by atoms with Crippen molar-refractivity contribution in [2.45, 2.75) is 13.0 Å². The second-order valence-corrected chi connectivity index (χ2v) is 5.54. The van der Waals surface area contributed by atoms with Gasteiger partial charge in [0.2, 0.25) is 6.79 Å². The molecule has 1 aliphatic rings. The van der Waals surface area contributed by atoms with Gasteiger partial charge >= 0.3 is 0 Å². The summed E-state index contributed by atoms with van der Waals surface area (Å²) in [5, 5.41) is 7.58. The zero-order valence-corrected chi connectivity index (χ0v) is 12.8. The SMILES string of the molecule is Cn1nccc1CCNCc1cc(Br)c2c(c1)OCO2. The highest BCUT2D eigenvalue weighted by atomic mass is 79.9. The quantitative estimate of drug-likeness (QED) is 0.850. The molecule has 1 N–H and O–H groups in total. The van der Waals surface area contributed by atoms with Gasteiger partial charge in [-0.15, -0.1) is 0 Å². The van der Waals surface area contributed by atoms with Crippen molar-refractivity contribution < 1.29 is 9.47 Å². The van der Waals surface area contributed by atoms with Crippen molar-refractivity contribution in [1.29, 1.82) is 0 Å². The first-order valence-electron chi connectivity index (χ1n) is 6.49. The van der Waals surface area contributed by atoms with Crippen molar-refractivity contribution in [2.75, 3.05) is 13.3 Å². The lowest BCUT2D eigenvalue weighted by Gasteiger charge is -2.07. The molecule has 0 bridgehead atoms. The number of hydrogen-bond acceptors (Lipinski definition) is 4. The Hall–Kier alpha value is -1.53. The van der Waals surface area contributed by atoms with E-state index in [4.69, 9.17) is 9.47 Å². The number of halogens is 1. The summed E-state index contributed by atoms with van der Waals surface area (Å²) in [6.45, 7) is 2.00. The molecule has 0 atom stereocenters. The first-order chi connectivity index (χ1) is 9.74. The number of fused-ring (bicyclic) bond motifs is 1. The number of benzene rings is 1. The van der Waals surface area contributed by atoms with Crippen LogP contribution >= 0.6 is 15.9 Å². The molecule has 0 unspecified atom stereocenters. The van der Waals surface area contributed by atoms with Gasteiger partial charge in [-0.1, -0.05) is 0 Å². The zero-order valence-electron chi connectivity index (χ0n) is 11.2. The van der Waals surface area contributed by atoms with E-state index in [1.807, 2.05) is 30.1 Å². The Bertz CT molecular complexity index is 612. The molecule has 1 aromatic carbocycles. The highest BCUT2D eigenvalue weighted by Crippen LogP contribution is 2.39. The fourth-order valence-electron chi connectivity index (χ4n) is 2.22. The van der Waals surface area contributed by atoms with E-state index in [0.717, 1.165) is 35.5 Å². The Kier molecular flexibility index (Phi) is 3.93. The zero-order chi connectivity index (χ0) is 13.9. The van der Waals surface area contributed by atoms with Crippen molar-refractivity contribution in [1.82, 2.24) is 15.1 Å². The van der Waals surface area contributed by atoms with Crippen LogP contribution in [0.5, 0.6) is 11.5 Å². The third-order valence-electron chi connectivity index (χ3n) is 3.30. The molecular formula is C14H16BrN3O2. The number of hydrogen-bond donors (Lipinski definition) is 1. The molecule has 0 fully saturated rings. The summed E-state index contributed by atoms with van der Waals surface area (Å²) in [7, 11) is 1.96. The maximum absolute atomic E-state index is 5.41. The monoisotopic (exact) mass is 337 g/mol. The average Bonchev–Trinajstić information content (AvgIpc) is 3.04. The number of nitrogens with one attached hydrogen (secondary N) is 1. The topological polar surface area (TPSA) is 48.3 Å². The fourth-order valence-corrected chi connectivity index (χ4v) is 2.82. The lowest BCUT2D eigenvalue weighted by molar-refractivity contribution is 0.173. The van der Waals surface area contributed by atoms with Gasteiger partial charge < -0.3 is 14.8 Å². The second-order valence-electron chi connectivity index (χ2n) is 4.68. The lowest BCUT2D eigenvalue weighted by Crippen LogP contribution is -2.17. The van der Waals surface area contributed by atoms with Crippen LogP contribution in [0.3, 0.4) is 0 Å². The van der Waals surface area contributed by atoms with E-state index in [1.54, 1.807) is 0 Å². The van der Waals surface area contributed by atoms with Crippen molar-refractivity contribution >= 4 is 15.9 Å². The minimum Gasteiger partial charge on any atom is -0.454 e. The normalized spacial score (nSPS) is 12.9. The molecule has 1 aromatic heterocycles. The molecule has 20 heavy (non-hydrogen) atoms. The molecule has 5 nitrogen and oxygen atoms in total. The lowest BCUT2D eigenvalue weighted by atomic mass is 10.2. The molecule has 106 valence electrons. The maximum atomic E-state index is 5.41. The molecular weight excluding hydrogens is 322 g/mol. The number of aromatic nitrogens is 2. The highest BCUT2D eigenvalue weighted by molar-refractivity contribution is 9.10. The van der Waals surface area contributed by atoms with Crippen LogP contribution in [-0.2, 0) is 20.0 Å². The third kappa shape index (κ3) is 2.81. The van der Waals surface area contributed by atoms with E-state index in [1.165, 1.54) is 11.3 Å². The minimum atomic E-state index is 0.297. The van der Waals surface area contributed by atoms with Crippen LogP contribution in [0.1, 0.15) is 11.3 Å². The van der Waals surface area contributed by atoms with Gasteiger partial charge in [0.05, 0.1) is 4.47 Å². The molecule has 2 heterocycles. The number of aryl methyl sites for hydroxylation is 1. The predicted molar refractivity (Wildman–Crippen MR) is 78.9 cm³/mol.